The maximum atomic E-state index is 12.9. The summed E-state index contributed by atoms with van der Waals surface area (Å²) in [6.45, 7) is 1.93. The van der Waals surface area contributed by atoms with E-state index < -0.39 is 17.8 Å². The van der Waals surface area contributed by atoms with E-state index in [-0.39, 0.29) is 23.2 Å². The molecule has 1 aromatic heterocycles. The number of methoxy groups -OCH3 is 1. The number of halogens is 3. The summed E-state index contributed by atoms with van der Waals surface area (Å²) in [6, 6.07) is 6.44. The van der Waals surface area contributed by atoms with Crippen molar-refractivity contribution in [3.63, 3.8) is 0 Å². The fraction of sp³-hybridized carbons (Fsp3) is 0.381. The Morgan fingerprint density at radius 3 is 2.68 bits per heavy atom. The lowest BCUT2D eigenvalue weighted by Gasteiger charge is -2.26. The zero-order valence-electron chi connectivity index (χ0n) is 17.2. The molecule has 0 radical (unpaired) electrons. The van der Waals surface area contributed by atoms with Crippen LogP contribution in [-0.2, 0) is 6.18 Å². The molecule has 10 heteroatoms. The van der Waals surface area contributed by atoms with Crippen molar-refractivity contribution in [3.05, 3.63) is 47.3 Å². The molecule has 0 aliphatic carbocycles. The van der Waals surface area contributed by atoms with Crippen molar-refractivity contribution in [2.45, 2.75) is 25.1 Å². The van der Waals surface area contributed by atoms with Gasteiger partial charge >= 0.3 is 6.18 Å². The fourth-order valence-corrected chi connectivity index (χ4v) is 3.23. The predicted octanol–water partition coefficient (Wildman–Crippen LogP) is 3.46. The average Bonchev–Trinajstić information content (AvgIpc) is 2.74. The second-order valence-corrected chi connectivity index (χ2v) is 7.35. The van der Waals surface area contributed by atoms with Crippen LogP contribution >= 0.6 is 0 Å². The van der Waals surface area contributed by atoms with Crippen molar-refractivity contribution in [3.8, 4) is 5.75 Å². The van der Waals surface area contributed by atoms with Crippen molar-refractivity contribution < 1.29 is 22.7 Å². The number of anilines is 2. The van der Waals surface area contributed by atoms with Crippen LogP contribution in [0.1, 0.15) is 34.6 Å². The third-order valence-corrected chi connectivity index (χ3v) is 5.04. The number of pyridine rings is 1. The number of alkyl halides is 3. The second kappa shape index (κ2) is 9.34. The van der Waals surface area contributed by atoms with Crippen molar-refractivity contribution >= 4 is 23.5 Å². The zero-order chi connectivity index (χ0) is 22.6. The Hall–Kier alpha value is -3.14. The van der Waals surface area contributed by atoms with Gasteiger partial charge in [-0.3, -0.25) is 9.79 Å². The van der Waals surface area contributed by atoms with Crippen LogP contribution in [0.3, 0.4) is 0 Å². The second-order valence-electron chi connectivity index (χ2n) is 7.35. The number of carbonyl (C=O) groups is 1. The summed E-state index contributed by atoms with van der Waals surface area (Å²) in [5.74, 6) is -0.526. The smallest absolute Gasteiger partial charge is 0.433 e. The molecule has 3 rings (SSSR count). The van der Waals surface area contributed by atoms with Crippen LogP contribution in [-0.4, -0.2) is 55.3 Å². The summed E-state index contributed by atoms with van der Waals surface area (Å²) in [4.78, 5) is 22.8. The third-order valence-electron chi connectivity index (χ3n) is 5.04. The van der Waals surface area contributed by atoms with Crippen LogP contribution in [0.15, 0.2) is 35.3 Å². The molecule has 0 spiro atoms. The monoisotopic (exact) mass is 435 g/mol. The first-order valence-corrected chi connectivity index (χ1v) is 9.72. The number of aliphatic imine (C=N–C) groups is 1. The number of rotatable bonds is 5. The molecular formula is C21H24F3N5O2. The summed E-state index contributed by atoms with van der Waals surface area (Å²) in [5.41, 5.74) is 5.81. The first-order chi connectivity index (χ1) is 14.7. The van der Waals surface area contributed by atoms with Gasteiger partial charge in [0.15, 0.2) is 0 Å². The highest BCUT2D eigenvalue weighted by Gasteiger charge is 2.33. The lowest BCUT2D eigenvalue weighted by atomic mass is 10.1. The summed E-state index contributed by atoms with van der Waals surface area (Å²) in [5, 5.41) is 2.55. The number of aromatic nitrogens is 1. The van der Waals surface area contributed by atoms with Crippen molar-refractivity contribution in [2.24, 2.45) is 4.99 Å². The molecule has 0 bridgehead atoms. The van der Waals surface area contributed by atoms with Gasteiger partial charge in [0.2, 0.25) is 0 Å². The highest BCUT2D eigenvalue weighted by atomic mass is 19.4. The minimum absolute atomic E-state index is 0.185. The van der Waals surface area contributed by atoms with Crippen molar-refractivity contribution in [1.82, 2.24) is 9.88 Å². The van der Waals surface area contributed by atoms with Crippen LogP contribution in [0.4, 0.5) is 24.5 Å². The summed E-state index contributed by atoms with van der Waals surface area (Å²) < 4.78 is 43.9. The van der Waals surface area contributed by atoms with Gasteiger partial charge in [0.05, 0.1) is 18.8 Å². The molecule has 0 saturated carbocycles. The lowest BCUT2D eigenvalue weighted by molar-refractivity contribution is -0.141. The standard InChI is InChI=1S/C21H24F3N5O2/c1-29-8-6-14(7-9-29)26-12-13-10-17(18(31-2)11-15(13)25)28-20(30)16-4-3-5-19(27-16)21(22,23)24/h3-5,10-12,14H,6-9,25H2,1-2H3,(H,28,30). The molecule has 7 nitrogen and oxygen atoms in total. The molecule has 1 saturated heterocycles. The maximum Gasteiger partial charge on any atom is 0.433 e. The number of carbonyl (C=O) groups excluding carboxylic acids is 1. The van der Waals surface area contributed by atoms with Gasteiger partial charge < -0.3 is 20.7 Å². The van der Waals surface area contributed by atoms with Gasteiger partial charge in [-0.05, 0) is 51.2 Å². The third kappa shape index (κ3) is 5.72. The van der Waals surface area contributed by atoms with Gasteiger partial charge in [-0.2, -0.15) is 13.2 Å². The number of hydrogen-bond acceptors (Lipinski definition) is 6. The number of amides is 1. The minimum Gasteiger partial charge on any atom is -0.494 e. The zero-order valence-corrected chi connectivity index (χ0v) is 17.2. The van der Waals surface area contributed by atoms with Gasteiger partial charge in [0.1, 0.15) is 17.1 Å². The van der Waals surface area contributed by atoms with E-state index in [1.807, 2.05) is 0 Å². The van der Waals surface area contributed by atoms with Crippen LogP contribution in [0.25, 0.3) is 0 Å². The largest absolute Gasteiger partial charge is 0.494 e. The SMILES string of the molecule is COc1cc(N)c(C=NC2CCN(C)CC2)cc1NC(=O)c1cccc(C(F)(F)F)n1. The highest BCUT2D eigenvalue weighted by molar-refractivity contribution is 6.04. The molecular weight excluding hydrogens is 411 g/mol. The fourth-order valence-electron chi connectivity index (χ4n) is 3.23. The molecule has 2 aromatic rings. The molecule has 1 aromatic carbocycles. The Bertz CT molecular complexity index is 970. The number of nitrogens with zero attached hydrogens (tertiary/aromatic N) is 3. The summed E-state index contributed by atoms with van der Waals surface area (Å²) in [7, 11) is 3.47. The van der Waals surface area contributed by atoms with Crippen LogP contribution < -0.4 is 15.8 Å². The van der Waals surface area contributed by atoms with Crippen LogP contribution in [0.5, 0.6) is 5.75 Å². The molecule has 1 aliphatic rings. The number of nitrogen functional groups attached to an aromatic ring is 1. The average molecular weight is 435 g/mol. The van der Waals surface area contributed by atoms with Crippen LogP contribution in [0, 0.1) is 0 Å². The number of ether oxygens (including phenoxy) is 1. The van der Waals surface area contributed by atoms with E-state index in [1.54, 1.807) is 12.3 Å². The van der Waals surface area contributed by atoms with Gasteiger partial charge in [0, 0.05) is 23.5 Å². The van der Waals surface area contributed by atoms with Gasteiger partial charge in [0.25, 0.3) is 5.91 Å². The van der Waals surface area contributed by atoms with E-state index in [0.717, 1.165) is 38.1 Å². The Balaban J connectivity index is 1.82. The Morgan fingerprint density at radius 2 is 2.03 bits per heavy atom. The minimum atomic E-state index is -4.65. The number of nitrogens with one attached hydrogen (secondary N) is 1. The van der Waals surface area contributed by atoms with Gasteiger partial charge in [-0.25, -0.2) is 4.98 Å². The predicted molar refractivity (Wildman–Crippen MR) is 113 cm³/mol. The molecule has 1 fully saturated rings. The Labute approximate surface area is 178 Å². The van der Waals surface area contributed by atoms with Crippen molar-refractivity contribution in [1.29, 1.82) is 0 Å². The van der Waals surface area contributed by atoms with E-state index in [2.05, 4.69) is 27.2 Å². The molecule has 2 heterocycles. The molecule has 1 amide bonds. The first-order valence-electron chi connectivity index (χ1n) is 9.72. The topological polar surface area (TPSA) is 92.8 Å². The molecule has 1 aliphatic heterocycles. The van der Waals surface area contributed by atoms with E-state index in [4.69, 9.17) is 10.5 Å². The van der Waals surface area contributed by atoms with Gasteiger partial charge in [-0.15, -0.1) is 0 Å². The van der Waals surface area contributed by atoms with E-state index in [9.17, 15) is 18.0 Å². The van der Waals surface area contributed by atoms with E-state index in [1.165, 1.54) is 19.2 Å². The van der Waals surface area contributed by atoms with Gasteiger partial charge in [-0.1, -0.05) is 6.07 Å². The molecule has 0 atom stereocenters. The first kappa shape index (κ1) is 22.5. The number of nitrogens with two attached hydrogens (primary N) is 1. The molecule has 3 N–H and O–H groups in total. The van der Waals surface area contributed by atoms with Crippen LogP contribution in [0.2, 0.25) is 0 Å². The Kier molecular flexibility index (Phi) is 6.79. The number of benzene rings is 1. The number of piperidine rings is 1. The number of hydrogen-bond donors (Lipinski definition) is 2. The van der Waals surface area contributed by atoms with E-state index in [0.29, 0.717) is 11.3 Å². The number of likely N-dealkylation sites (tertiary alicyclic amines) is 1. The lowest BCUT2D eigenvalue weighted by Crippen LogP contribution is -2.32. The molecule has 0 unspecified atom stereocenters. The molecule has 31 heavy (non-hydrogen) atoms. The van der Waals surface area contributed by atoms with Crippen molar-refractivity contribution in [2.75, 3.05) is 38.3 Å². The Morgan fingerprint density at radius 1 is 1.32 bits per heavy atom. The quantitative estimate of drug-likeness (QED) is 0.554. The summed E-state index contributed by atoms with van der Waals surface area (Å²) >= 11 is 0. The normalized spacial score (nSPS) is 15.9. The molecule has 166 valence electrons. The summed E-state index contributed by atoms with van der Waals surface area (Å²) in [6.07, 6.45) is -1.11. The highest BCUT2D eigenvalue weighted by Crippen LogP contribution is 2.31. The maximum absolute atomic E-state index is 12.9. The van der Waals surface area contributed by atoms with E-state index >= 15 is 0 Å².